The van der Waals surface area contributed by atoms with Gasteiger partial charge in [-0.15, -0.1) is 0 Å². The Morgan fingerprint density at radius 2 is 1.75 bits per heavy atom. The van der Waals surface area contributed by atoms with E-state index in [9.17, 15) is 4.79 Å². The van der Waals surface area contributed by atoms with Crippen molar-refractivity contribution in [2.24, 2.45) is 5.92 Å². The van der Waals surface area contributed by atoms with Crippen LogP contribution in [0.25, 0.3) is 0 Å². The molecule has 2 nitrogen and oxygen atoms in total. The van der Waals surface area contributed by atoms with Gasteiger partial charge in [0.1, 0.15) is 5.78 Å². The highest BCUT2D eigenvalue weighted by atomic mass is 16.5. The lowest BCUT2D eigenvalue weighted by Crippen LogP contribution is -2.42. The number of carbonyl (C=O) groups is 1. The lowest BCUT2D eigenvalue weighted by atomic mass is 9.69. The molecule has 108 valence electrons. The normalized spacial score (nSPS) is 22.8. The molecule has 0 amide bonds. The minimum Gasteiger partial charge on any atom is -0.381 e. The van der Waals surface area contributed by atoms with E-state index in [1.807, 2.05) is 6.07 Å². The lowest BCUT2D eigenvalue weighted by Gasteiger charge is -2.37. The van der Waals surface area contributed by atoms with Crippen LogP contribution in [0.1, 0.15) is 50.5 Å². The van der Waals surface area contributed by atoms with Crippen LogP contribution in [0.3, 0.4) is 0 Å². The van der Waals surface area contributed by atoms with Gasteiger partial charge >= 0.3 is 0 Å². The molecule has 1 aliphatic heterocycles. The van der Waals surface area contributed by atoms with Gasteiger partial charge in [0.25, 0.3) is 0 Å². The van der Waals surface area contributed by atoms with Gasteiger partial charge in [-0.2, -0.15) is 0 Å². The molecule has 1 heterocycles. The monoisotopic (exact) mass is 272 g/mol. The van der Waals surface area contributed by atoms with E-state index in [0.29, 0.717) is 24.9 Å². The van der Waals surface area contributed by atoms with Crippen molar-refractivity contribution in [1.29, 1.82) is 0 Å². The van der Waals surface area contributed by atoms with Gasteiger partial charge in [0.05, 0.1) is 5.41 Å². The molecule has 1 aromatic rings. The summed E-state index contributed by atoms with van der Waals surface area (Å²) in [6.07, 6.45) is 7.57. The lowest BCUT2D eigenvalue weighted by molar-refractivity contribution is -0.129. The number of hydrogen-bond acceptors (Lipinski definition) is 2. The van der Waals surface area contributed by atoms with Gasteiger partial charge in [0.2, 0.25) is 0 Å². The second-order valence-corrected chi connectivity index (χ2v) is 6.34. The number of hydrogen-bond donors (Lipinski definition) is 0. The third kappa shape index (κ3) is 2.67. The first-order valence-corrected chi connectivity index (χ1v) is 7.98. The molecule has 0 unspecified atom stereocenters. The molecule has 0 spiro atoms. The van der Waals surface area contributed by atoms with E-state index in [4.69, 9.17) is 4.74 Å². The van der Waals surface area contributed by atoms with Crippen molar-refractivity contribution in [2.45, 2.75) is 50.4 Å². The summed E-state index contributed by atoms with van der Waals surface area (Å²) < 4.78 is 5.51. The Balaban J connectivity index is 1.83. The van der Waals surface area contributed by atoms with E-state index in [1.54, 1.807) is 0 Å². The third-order valence-corrected chi connectivity index (χ3v) is 5.16. The molecule has 1 saturated carbocycles. The van der Waals surface area contributed by atoms with Gasteiger partial charge in [0.15, 0.2) is 0 Å². The fourth-order valence-corrected chi connectivity index (χ4v) is 3.88. The predicted molar refractivity (Wildman–Crippen MR) is 79.8 cm³/mol. The van der Waals surface area contributed by atoms with Gasteiger partial charge in [-0.1, -0.05) is 56.0 Å². The zero-order chi connectivity index (χ0) is 13.8. The highest BCUT2D eigenvalue weighted by Crippen LogP contribution is 2.39. The van der Waals surface area contributed by atoms with Crippen molar-refractivity contribution < 1.29 is 9.53 Å². The Bertz CT molecular complexity index is 440. The average Bonchev–Trinajstić information content (AvgIpc) is 3.02. The van der Waals surface area contributed by atoms with Crippen LogP contribution in [0.2, 0.25) is 0 Å². The van der Waals surface area contributed by atoms with Crippen molar-refractivity contribution in [3.63, 3.8) is 0 Å². The summed E-state index contributed by atoms with van der Waals surface area (Å²) in [6, 6.07) is 10.4. The second kappa shape index (κ2) is 6.09. The fraction of sp³-hybridized carbons (Fsp3) is 0.611. The van der Waals surface area contributed by atoms with Crippen LogP contribution in [0.15, 0.2) is 30.3 Å². The summed E-state index contributed by atoms with van der Waals surface area (Å²) in [4.78, 5) is 13.0. The summed E-state index contributed by atoms with van der Waals surface area (Å²) >= 11 is 0. The quantitative estimate of drug-likeness (QED) is 0.831. The van der Waals surface area contributed by atoms with Crippen molar-refractivity contribution in [1.82, 2.24) is 0 Å². The summed E-state index contributed by atoms with van der Waals surface area (Å²) in [6.45, 7) is 1.43. The molecule has 2 heteroatoms. The summed E-state index contributed by atoms with van der Waals surface area (Å²) in [5.74, 6) is 1.09. The molecular formula is C18H24O2. The maximum Gasteiger partial charge on any atom is 0.143 e. The highest BCUT2D eigenvalue weighted by Gasteiger charge is 2.41. The Hall–Kier alpha value is -1.15. The van der Waals surface area contributed by atoms with Crippen molar-refractivity contribution in [2.75, 3.05) is 13.2 Å². The topological polar surface area (TPSA) is 26.3 Å². The maximum atomic E-state index is 13.0. The van der Waals surface area contributed by atoms with Crippen LogP contribution in [0.5, 0.6) is 0 Å². The number of Topliss-reactive ketones (excluding diaryl/α,β-unsaturated/α-hetero) is 1. The van der Waals surface area contributed by atoms with E-state index in [2.05, 4.69) is 24.3 Å². The Labute approximate surface area is 121 Å². The molecule has 0 N–H and O–H groups in total. The van der Waals surface area contributed by atoms with Gasteiger partial charge in [-0.3, -0.25) is 4.79 Å². The van der Waals surface area contributed by atoms with Crippen LogP contribution in [-0.2, 0) is 14.9 Å². The Morgan fingerprint density at radius 1 is 1.10 bits per heavy atom. The number of carbonyl (C=O) groups excluding carboxylic acids is 1. The van der Waals surface area contributed by atoms with Crippen LogP contribution >= 0.6 is 0 Å². The smallest absolute Gasteiger partial charge is 0.143 e. The van der Waals surface area contributed by atoms with E-state index in [-0.39, 0.29) is 5.41 Å². The van der Waals surface area contributed by atoms with Crippen molar-refractivity contribution >= 4 is 5.78 Å². The molecule has 2 fully saturated rings. The second-order valence-electron chi connectivity index (χ2n) is 6.34. The van der Waals surface area contributed by atoms with E-state index in [0.717, 1.165) is 19.3 Å². The van der Waals surface area contributed by atoms with Gasteiger partial charge in [0, 0.05) is 19.6 Å². The van der Waals surface area contributed by atoms with E-state index < -0.39 is 0 Å². The third-order valence-electron chi connectivity index (χ3n) is 5.16. The van der Waals surface area contributed by atoms with Gasteiger partial charge in [-0.05, 0) is 24.3 Å². The number of ketones is 1. The Morgan fingerprint density at radius 3 is 2.40 bits per heavy atom. The Kier molecular flexibility index (Phi) is 4.21. The zero-order valence-corrected chi connectivity index (χ0v) is 12.1. The molecule has 1 aliphatic carbocycles. The number of ether oxygens (including phenoxy) is 1. The largest absolute Gasteiger partial charge is 0.381 e. The molecular weight excluding hydrogens is 248 g/mol. The molecule has 1 saturated heterocycles. The maximum absolute atomic E-state index is 13.0. The zero-order valence-electron chi connectivity index (χ0n) is 12.1. The van der Waals surface area contributed by atoms with Gasteiger partial charge in [-0.25, -0.2) is 0 Å². The molecule has 0 bridgehead atoms. The minimum absolute atomic E-state index is 0.276. The number of benzene rings is 1. The predicted octanol–water partition coefficient (Wildman–Crippen LogP) is 3.88. The molecule has 1 aromatic carbocycles. The molecule has 2 aliphatic rings. The highest BCUT2D eigenvalue weighted by molar-refractivity contribution is 5.90. The van der Waals surface area contributed by atoms with Crippen LogP contribution in [0.4, 0.5) is 0 Å². The molecule has 0 atom stereocenters. The molecule has 3 rings (SSSR count). The van der Waals surface area contributed by atoms with Crippen molar-refractivity contribution in [3.05, 3.63) is 35.9 Å². The first-order chi connectivity index (χ1) is 9.81. The number of rotatable bonds is 4. The van der Waals surface area contributed by atoms with Gasteiger partial charge < -0.3 is 4.74 Å². The minimum atomic E-state index is -0.276. The summed E-state index contributed by atoms with van der Waals surface area (Å²) in [5, 5.41) is 0. The van der Waals surface area contributed by atoms with Crippen LogP contribution in [-0.4, -0.2) is 19.0 Å². The van der Waals surface area contributed by atoms with Crippen LogP contribution < -0.4 is 0 Å². The van der Waals surface area contributed by atoms with Crippen molar-refractivity contribution in [3.8, 4) is 0 Å². The molecule has 0 aromatic heterocycles. The van der Waals surface area contributed by atoms with E-state index >= 15 is 0 Å². The first-order valence-electron chi connectivity index (χ1n) is 7.98. The standard InChI is InChI=1S/C18H24O2/c19-17(14-15-6-4-5-7-15)18(10-12-20-13-11-18)16-8-2-1-3-9-16/h1-3,8-9,15H,4-7,10-14H2. The SMILES string of the molecule is O=C(CC1CCCC1)C1(c2ccccc2)CCOCC1. The first kappa shape index (κ1) is 13.8. The van der Waals surface area contributed by atoms with Crippen LogP contribution in [0, 0.1) is 5.92 Å². The molecule has 20 heavy (non-hydrogen) atoms. The summed E-state index contributed by atoms with van der Waals surface area (Å²) in [5.41, 5.74) is 0.925. The molecule has 0 radical (unpaired) electrons. The van der Waals surface area contributed by atoms with E-state index in [1.165, 1.54) is 31.2 Å². The average molecular weight is 272 g/mol. The summed E-state index contributed by atoms with van der Waals surface area (Å²) in [7, 11) is 0. The fourth-order valence-electron chi connectivity index (χ4n) is 3.88.